The molecule has 0 spiro atoms. The summed E-state index contributed by atoms with van der Waals surface area (Å²) in [5.74, 6) is -0.970. The number of para-hydroxylation sites is 1. The van der Waals surface area contributed by atoms with Crippen molar-refractivity contribution in [2.24, 2.45) is 0 Å². The first-order chi connectivity index (χ1) is 12.7. The van der Waals surface area contributed by atoms with Gasteiger partial charge in [-0.05, 0) is 32.0 Å². The molecule has 0 aliphatic rings. The number of hydrogen-bond donors (Lipinski definition) is 1. The van der Waals surface area contributed by atoms with E-state index in [-0.39, 0.29) is 40.1 Å². The van der Waals surface area contributed by atoms with Crippen LogP contribution in [0, 0.1) is 17.0 Å². The van der Waals surface area contributed by atoms with Crippen molar-refractivity contribution in [1.29, 1.82) is 0 Å². The van der Waals surface area contributed by atoms with Gasteiger partial charge < -0.3 is 10.2 Å². The molecule has 2 aromatic rings. The normalized spacial score (nSPS) is 10.4. The smallest absolute Gasteiger partial charge is 0.273 e. The Morgan fingerprint density at radius 2 is 1.81 bits per heavy atom. The van der Waals surface area contributed by atoms with E-state index in [2.05, 4.69) is 5.32 Å². The average molecular weight is 410 g/mol. The molecule has 0 saturated carbocycles. The van der Waals surface area contributed by atoms with Crippen molar-refractivity contribution in [3.05, 3.63) is 67.7 Å². The SMILES string of the molecule is CCN(CC(=O)Nc1c(Cl)cccc1Cl)C(=O)c1ccc(C)c([N+](=O)[O-])c1. The van der Waals surface area contributed by atoms with Crippen molar-refractivity contribution in [2.75, 3.05) is 18.4 Å². The Morgan fingerprint density at radius 1 is 1.19 bits per heavy atom. The number of hydrogen-bond acceptors (Lipinski definition) is 4. The number of nitrogens with one attached hydrogen (secondary N) is 1. The van der Waals surface area contributed by atoms with Gasteiger partial charge in [0.05, 0.1) is 20.7 Å². The second kappa shape index (κ2) is 8.83. The summed E-state index contributed by atoms with van der Waals surface area (Å²) in [7, 11) is 0. The number of amides is 2. The molecular weight excluding hydrogens is 393 g/mol. The zero-order valence-corrected chi connectivity index (χ0v) is 16.2. The van der Waals surface area contributed by atoms with Crippen LogP contribution in [0.25, 0.3) is 0 Å². The van der Waals surface area contributed by atoms with Crippen LogP contribution in [0.3, 0.4) is 0 Å². The first-order valence-electron chi connectivity index (χ1n) is 8.02. The van der Waals surface area contributed by atoms with Crippen molar-refractivity contribution in [3.8, 4) is 0 Å². The minimum absolute atomic E-state index is 0.137. The van der Waals surface area contributed by atoms with Crippen LogP contribution in [0.5, 0.6) is 0 Å². The van der Waals surface area contributed by atoms with Gasteiger partial charge in [-0.25, -0.2) is 0 Å². The topological polar surface area (TPSA) is 92.6 Å². The lowest BCUT2D eigenvalue weighted by Crippen LogP contribution is -2.38. The Hall–Kier alpha value is -2.64. The lowest BCUT2D eigenvalue weighted by molar-refractivity contribution is -0.385. The molecule has 0 fully saturated rings. The third-order valence-electron chi connectivity index (χ3n) is 3.88. The number of anilines is 1. The minimum atomic E-state index is -0.547. The molecule has 2 amide bonds. The van der Waals surface area contributed by atoms with Crippen LogP contribution in [-0.2, 0) is 4.79 Å². The van der Waals surface area contributed by atoms with Crippen molar-refractivity contribution < 1.29 is 14.5 Å². The van der Waals surface area contributed by atoms with Gasteiger partial charge in [0.25, 0.3) is 11.6 Å². The number of carbonyl (C=O) groups excluding carboxylic acids is 2. The number of aryl methyl sites for hydroxylation is 1. The predicted octanol–water partition coefficient (Wildman–Crippen LogP) is 4.31. The minimum Gasteiger partial charge on any atom is -0.330 e. The van der Waals surface area contributed by atoms with Gasteiger partial charge >= 0.3 is 0 Å². The number of halogens is 2. The summed E-state index contributed by atoms with van der Waals surface area (Å²) in [6.45, 7) is 3.28. The highest BCUT2D eigenvalue weighted by Gasteiger charge is 2.21. The first-order valence-corrected chi connectivity index (χ1v) is 8.78. The number of carbonyl (C=O) groups is 2. The molecule has 0 aliphatic carbocycles. The third-order valence-corrected chi connectivity index (χ3v) is 4.51. The summed E-state index contributed by atoms with van der Waals surface area (Å²) < 4.78 is 0. The van der Waals surface area contributed by atoms with Gasteiger partial charge in [0, 0.05) is 23.7 Å². The van der Waals surface area contributed by atoms with Crippen molar-refractivity contribution >= 4 is 46.4 Å². The van der Waals surface area contributed by atoms with Gasteiger partial charge in [-0.3, -0.25) is 19.7 Å². The van der Waals surface area contributed by atoms with Gasteiger partial charge in [-0.1, -0.05) is 35.3 Å². The molecule has 0 aliphatic heterocycles. The summed E-state index contributed by atoms with van der Waals surface area (Å²) in [4.78, 5) is 36.8. The fourth-order valence-corrected chi connectivity index (χ4v) is 2.91. The highest BCUT2D eigenvalue weighted by molar-refractivity contribution is 6.39. The van der Waals surface area contributed by atoms with Crippen LogP contribution >= 0.6 is 23.2 Å². The molecular formula is C18H17Cl2N3O4. The van der Waals surface area contributed by atoms with E-state index in [0.29, 0.717) is 5.56 Å². The van der Waals surface area contributed by atoms with E-state index >= 15 is 0 Å². The third kappa shape index (κ3) is 4.96. The van der Waals surface area contributed by atoms with Crippen LogP contribution in [0.1, 0.15) is 22.8 Å². The lowest BCUT2D eigenvalue weighted by atomic mass is 10.1. The molecule has 0 unspecified atom stereocenters. The van der Waals surface area contributed by atoms with Crippen LogP contribution in [0.4, 0.5) is 11.4 Å². The molecule has 2 rings (SSSR count). The summed E-state index contributed by atoms with van der Waals surface area (Å²) in [6.07, 6.45) is 0. The zero-order chi connectivity index (χ0) is 20.1. The van der Waals surface area contributed by atoms with E-state index in [9.17, 15) is 19.7 Å². The first kappa shape index (κ1) is 20.7. The maximum absolute atomic E-state index is 12.7. The zero-order valence-electron chi connectivity index (χ0n) is 14.7. The summed E-state index contributed by atoms with van der Waals surface area (Å²) in [5.41, 5.74) is 0.702. The largest absolute Gasteiger partial charge is 0.330 e. The van der Waals surface area contributed by atoms with E-state index in [4.69, 9.17) is 23.2 Å². The Bertz CT molecular complexity index is 882. The molecule has 142 valence electrons. The van der Waals surface area contributed by atoms with E-state index in [0.717, 1.165) is 0 Å². The van der Waals surface area contributed by atoms with Crippen LogP contribution < -0.4 is 5.32 Å². The Labute approximate surface area is 166 Å². The fourth-order valence-electron chi connectivity index (χ4n) is 2.42. The molecule has 2 aromatic carbocycles. The van der Waals surface area contributed by atoms with Crippen molar-refractivity contribution in [3.63, 3.8) is 0 Å². The summed E-state index contributed by atoms with van der Waals surface area (Å²) in [5, 5.41) is 14.2. The van der Waals surface area contributed by atoms with Crippen LogP contribution in [0.15, 0.2) is 36.4 Å². The number of nitro groups is 1. The summed E-state index contributed by atoms with van der Waals surface area (Å²) >= 11 is 12.0. The Morgan fingerprint density at radius 3 is 2.37 bits per heavy atom. The van der Waals surface area contributed by atoms with E-state index < -0.39 is 16.7 Å². The van der Waals surface area contributed by atoms with Gasteiger partial charge in [-0.2, -0.15) is 0 Å². The molecule has 1 N–H and O–H groups in total. The molecule has 9 heteroatoms. The molecule has 27 heavy (non-hydrogen) atoms. The standard InChI is InChI=1S/C18H17Cl2N3O4/c1-3-22(10-16(24)21-17-13(19)5-4-6-14(17)20)18(25)12-8-7-11(2)15(9-12)23(26)27/h4-9H,3,10H2,1-2H3,(H,21,24). The highest BCUT2D eigenvalue weighted by atomic mass is 35.5. The number of likely N-dealkylation sites (N-methyl/N-ethyl adjacent to an activating group) is 1. The molecule has 0 atom stereocenters. The van der Waals surface area contributed by atoms with Gasteiger partial charge in [0.2, 0.25) is 5.91 Å². The quantitative estimate of drug-likeness (QED) is 0.567. The maximum Gasteiger partial charge on any atom is 0.273 e. The van der Waals surface area contributed by atoms with Crippen molar-refractivity contribution in [1.82, 2.24) is 4.90 Å². The van der Waals surface area contributed by atoms with Crippen molar-refractivity contribution in [2.45, 2.75) is 13.8 Å². The van der Waals surface area contributed by atoms with Gasteiger partial charge in [-0.15, -0.1) is 0 Å². The molecule has 7 nitrogen and oxygen atoms in total. The summed E-state index contributed by atoms with van der Waals surface area (Å²) in [6, 6.07) is 9.02. The van der Waals surface area contributed by atoms with Gasteiger partial charge in [0.1, 0.15) is 6.54 Å². The molecule has 0 radical (unpaired) electrons. The fraction of sp³-hybridized carbons (Fsp3) is 0.222. The molecule has 0 aromatic heterocycles. The maximum atomic E-state index is 12.7. The lowest BCUT2D eigenvalue weighted by Gasteiger charge is -2.21. The Balaban J connectivity index is 2.17. The number of benzene rings is 2. The second-order valence-electron chi connectivity index (χ2n) is 5.72. The number of nitrogens with zero attached hydrogens (tertiary/aromatic N) is 2. The monoisotopic (exact) mass is 409 g/mol. The Kier molecular flexibility index (Phi) is 6.76. The number of nitro benzene ring substituents is 1. The number of rotatable bonds is 6. The van der Waals surface area contributed by atoms with E-state index in [1.807, 2.05) is 0 Å². The molecule has 0 saturated heterocycles. The van der Waals surface area contributed by atoms with Gasteiger partial charge in [0.15, 0.2) is 0 Å². The predicted molar refractivity (Wildman–Crippen MR) is 105 cm³/mol. The van der Waals surface area contributed by atoms with Crippen LogP contribution in [0.2, 0.25) is 10.0 Å². The molecule has 0 bridgehead atoms. The molecule has 0 heterocycles. The highest BCUT2D eigenvalue weighted by Crippen LogP contribution is 2.29. The average Bonchev–Trinajstić information content (AvgIpc) is 2.62. The van der Waals surface area contributed by atoms with E-state index in [1.165, 1.54) is 23.1 Å². The van der Waals surface area contributed by atoms with Crippen LogP contribution in [-0.4, -0.2) is 34.7 Å². The van der Waals surface area contributed by atoms with E-state index in [1.54, 1.807) is 32.0 Å². The second-order valence-corrected chi connectivity index (χ2v) is 6.54.